The van der Waals surface area contributed by atoms with Crippen LogP contribution in [0.1, 0.15) is 41.3 Å². The summed E-state index contributed by atoms with van der Waals surface area (Å²) in [5, 5.41) is 8.55. The number of aromatic nitrogens is 2. The number of benzene rings is 1. The van der Waals surface area contributed by atoms with Crippen molar-refractivity contribution in [2.75, 3.05) is 6.54 Å². The van der Waals surface area contributed by atoms with Gasteiger partial charge in [0.25, 0.3) is 5.89 Å². The summed E-state index contributed by atoms with van der Waals surface area (Å²) in [5.41, 5.74) is 0.571. The Morgan fingerprint density at radius 2 is 1.96 bits per heavy atom. The molecule has 1 atom stereocenters. The number of ketones is 2. The van der Waals surface area contributed by atoms with E-state index in [4.69, 9.17) is 4.42 Å². The lowest BCUT2D eigenvalue weighted by molar-refractivity contribution is 0.0883. The molecule has 0 fully saturated rings. The fourth-order valence-corrected chi connectivity index (χ4v) is 2.18. The Labute approximate surface area is 133 Å². The Kier molecular flexibility index (Phi) is 5.59. The lowest BCUT2D eigenvalue weighted by Crippen LogP contribution is -2.41. The molecule has 0 radical (unpaired) electrons. The molecule has 23 heavy (non-hydrogen) atoms. The van der Waals surface area contributed by atoms with Crippen molar-refractivity contribution in [3.05, 3.63) is 52.3 Å². The standard InChI is InChI=1S/C16H19N3O4/c1-10(2)8-12(14(21)15-18-19-16(22)23-15)17-9-13(20)11-6-4-3-5-7-11/h3-7,10,12,17H,8-9H2,1-2H3,(H,19,22)/t12-/m0/s1. The maximum atomic E-state index is 12.4. The molecule has 0 aliphatic rings. The van der Waals surface area contributed by atoms with E-state index in [1.807, 2.05) is 19.9 Å². The number of hydrogen-bond donors (Lipinski definition) is 2. The monoisotopic (exact) mass is 317 g/mol. The average molecular weight is 317 g/mol. The molecule has 122 valence electrons. The van der Waals surface area contributed by atoms with Gasteiger partial charge in [-0.3, -0.25) is 14.9 Å². The number of Topliss-reactive ketones (excluding diaryl/α,β-unsaturated/α-hetero) is 2. The molecule has 2 N–H and O–H groups in total. The average Bonchev–Trinajstić information content (AvgIpc) is 2.97. The third kappa shape index (κ3) is 4.72. The molecule has 1 aromatic carbocycles. The predicted octanol–water partition coefficient (Wildman–Crippen LogP) is 1.43. The fourth-order valence-electron chi connectivity index (χ4n) is 2.18. The number of carbonyl (C=O) groups is 2. The maximum absolute atomic E-state index is 12.4. The lowest BCUT2D eigenvalue weighted by atomic mass is 9.99. The van der Waals surface area contributed by atoms with Crippen LogP contribution in [0.2, 0.25) is 0 Å². The zero-order valence-corrected chi connectivity index (χ0v) is 13.0. The van der Waals surface area contributed by atoms with Crippen LogP contribution in [0.15, 0.2) is 39.5 Å². The van der Waals surface area contributed by atoms with Gasteiger partial charge < -0.3 is 4.42 Å². The highest BCUT2D eigenvalue weighted by atomic mass is 16.4. The van der Waals surface area contributed by atoms with Crippen LogP contribution in [-0.2, 0) is 0 Å². The minimum atomic E-state index is -0.781. The second-order valence-corrected chi connectivity index (χ2v) is 5.63. The molecular weight excluding hydrogens is 298 g/mol. The highest BCUT2D eigenvalue weighted by Gasteiger charge is 2.26. The van der Waals surface area contributed by atoms with Gasteiger partial charge in [-0.1, -0.05) is 44.2 Å². The van der Waals surface area contributed by atoms with Crippen LogP contribution in [0.4, 0.5) is 0 Å². The molecular formula is C16H19N3O4. The zero-order chi connectivity index (χ0) is 16.8. The van der Waals surface area contributed by atoms with Crippen LogP contribution < -0.4 is 11.1 Å². The van der Waals surface area contributed by atoms with E-state index in [-0.39, 0.29) is 24.1 Å². The Bertz CT molecular complexity index is 718. The van der Waals surface area contributed by atoms with Crippen molar-refractivity contribution in [2.24, 2.45) is 5.92 Å². The van der Waals surface area contributed by atoms with Gasteiger partial charge >= 0.3 is 5.76 Å². The van der Waals surface area contributed by atoms with Crippen LogP contribution in [-0.4, -0.2) is 34.4 Å². The molecule has 2 aromatic rings. The molecule has 7 heteroatoms. The molecule has 0 unspecified atom stereocenters. The number of H-pyrrole nitrogens is 1. The molecule has 1 aromatic heterocycles. The van der Waals surface area contributed by atoms with Crippen LogP contribution >= 0.6 is 0 Å². The van der Waals surface area contributed by atoms with Crippen molar-refractivity contribution in [3.63, 3.8) is 0 Å². The normalized spacial score (nSPS) is 12.3. The molecule has 0 aliphatic carbocycles. The number of nitrogens with one attached hydrogen (secondary N) is 2. The molecule has 0 saturated carbocycles. The van der Waals surface area contributed by atoms with Gasteiger partial charge in [-0.25, -0.2) is 9.89 Å². The van der Waals surface area contributed by atoms with Gasteiger partial charge in [0, 0.05) is 5.56 Å². The second-order valence-electron chi connectivity index (χ2n) is 5.63. The summed E-state index contributed by atoms with van der Waals surface area (Å²) in [6.45, 7) is 3.94. The van der Waals surface area contributed by atoms with E-state index in [1.54, 1.807) is 24.3 Å². The van der Waals surface area contributed by atoms with Crippen molar-refractivity contribution in [2.45, 2.75) is 26.3 Å². The number of nitrogens with zero attached hydrogens (tertiary/aromatic N) is 1. The highest BCUT2D eigenvalue weighted by molar-refractivity contribution is 5.99. The van der Waals surface area contributed by atoms with E-state index < -0.39 is 17.6 Å². The van der Waals surface area contributed by atoms with Gasteiger partial charge in [-0.15, -0.1) is 5.10 Å². The summed E-state index contributed by atoms with van der Waals surface area (Å²) in [6, 6.07) is 8.18. The Morgan fingerprint density at radius 3 is 2.52 bits per heavy atom. The number of carbonyl (C=O) groups excluding carboxylic acids is 2. The molecule has 1 heterocycles. The molecule has 0 saturated heterocycles. The summed E-state index contributed by atoms with van der Waals surface area (Å²) >= 11 is 0. The Hall–Kier alpha value is -2.54. The first kappa shape index (κ1) is 16.8. The summed E-state index contributed by atoms with van der Waals surface area (Å²) in [4.78, 5) is 35.5. The molecule has 2 rings (SSSR count). The summed E-state index contributed by atoms with van der Waals surface area (Å²) < 4.78 is 4.70. The smallest absolute Gasteiger partial charge is 0.384 e. The van der Waals surface area contributed by atoms with Crippen molar-refractivity contribution in [1.29, 1.82) is 0 Å². The van der Waals surface area contributed by atoms with Crippen molar-refractivity contribution >= 4 is 11.6 Å². The fraction of sp³-hybridized carbons (Fsp3) is 0.375. The van der Waals surface area contributed by atoms with Gasteiger partial charge in [0.05, 0.1) is 12.6 Å². The van der Waals surface area contributed by atoms with Crippen molar-refractivity contribution in [1.82, 2.24) is 15.5 Å². The Morgan fingerprint density at radius 1 is 1.26 bits per heavy atom. The summed E-state index contributed by atoms with van der Waals surface area (Å²) in [5.74, 6) is -1.40. The van der Waals surface area contributed by atoms with Gasteiger partial charge in [0.1, 0.15) is 0 Å². The van der Waals surface area contributed by atoms with E-state index in [1.165, 1.54) is 0 Å². The molecule has 0 spiro atoms. The first-order chi connectivity index (χ1) is 11.0. The second kappa shape index (κ2) is 7.64. The molecule has 0 aliphatic heterocycles. The first-order valence-electron chi connectivity index (χ1n) is 7.38. The topological polar surface area (TPSA) is 105 Å². The highest BCUT2D eigenvalue weighted by Crippen LogP contribution is 2.10. The zero-order valence-electron chi connectivity index (χ0n) is 13.0. The summed E-state index contributed by atoms with van der Waals surface area (Å²) in [6.07, 6.45) is 0.497. The van der Waals surface area contributed by atoms with Gasteiger partial charge in [-0.2, -0.15) is 0 Å². The minimum absolute atomic E-state index is 0.0157. The molecule has 0 amide bonds. The van der Waals surface area contributed by atoms with Crippen molar-refractivity contribution in [3.8, 4) is 0 Å². The maximum Gasteiger partial charge on any atom is 0.434 e. The SMILES string of the molecule is CC(C)C[C@H](NCC(=O)c1ccccc1)C(=O)c1n[nH]c(=O)o1. The van der Waals surface area contributed by atoms with E-state index in [0.29, 0.717) is 12.0 Å². The van der Waals surface area contributed by atoms with Crippen LogP contribution in [0.25, 0.3) is 0 Å². The van der Waals surface area contributed by atoms with Gasteiger partial charge in [-0.05, 0) is 12.3 Å². The third-order valence-corrected chi connectivity index (χ3v) is 3.28. The van der Waals surface area contributed by atoms with Crippen molar-refractivity contribution < 1.29 is 14.0 Å². The third-order valence-electron chi connectivity index (χ3n) is 3.28. The largest absolute Gasteiger partial charge is 0.434 e. The quantitative estimate of drug-likeness (QED) is 0.714. The van der Waals surface area contributed by atoms with Crippen LogP contribution in [0.3, 0.4) is 0 Å². The Balaban J connectivity index is 2.05. The van der Waals surface area contributed by atoms with Crippen LogP contribution in [0, 0.1) is 5.92 Å². The van der Waals surface area contributed by atoms with Crippen LogP contribution in [0.5, 0.6) is 0 Å². The molecule has 0 bridgehead atoms. The number of hydrogen-bond acceptors (Lipinski definition) is 6. The minimum Gasteiger partial charge on any atom is -0.384 e. The predicted molar refractivity (Wildman–Crippen MR) is 83.5 cm³/mol. The van der Waals surface area contributed by atoms with Gasteiger partial charge in [0.2, 0.25) is 5.78 Å². The summed E-state index contributed by atoms with van der Waals surface area (Å²) in [7, 11) is 0. The lowest BCUT2D eigenvalue weighted by Gasteiger charge is -2.17. The molecule has 7 nitrogen and oxygen atoms in total. The number of aromatic amines is 1. The first-order valence-corrected chi connectivity index (χ1v) is 7.38. The van der Waals surface area contributed by atoms with E-state index in [0.717, 1.165) is 0 Å². The number of rotatable bonds is 8. The van der Waals surface area contributed by atoms with E-state index >= 15 is 0 Å². The van der Waals surface area contributed by atoms with E-state index in [9.17, 15) is 14.4 Å². The van der Waals surface area contributed by atoms with Gasteiger partial charge in [0.15, 0.2) is 5.78 Å². The van der Waals surface area contributed by atoms with E-state index in [2.05, 4.69) is 15.5 Å².